The van der Waals surface area contributed by atoms with E-state index >= 15 is 0 Å². The van der Waals surface area contributed by atoms with Crippen LogP contribution in [0.1, 0.15) is 54.3 Å². The number of hydrogen-bond donors (Lipinski definition) is 2. The van der Waals surface area contributed by atoms with Crippen LogP contribution in [0.5, 0.6) is 0 Å². The third-order valence-electron chi connectivity index (χ3n) is 4.01. The van der Waals surface area contributed by atoms with Crippen molar-refractivity contribution in [2.75, 3.05) is 13.2 Å². The number of amides is 3. The van der Waals surface area contributed by atoms with Crippen LogP contribution in [0.2, 0.25) is 0 Å². The Hall–Kier alpha value is -2.74. The molecule has 28 heavy (non-hydrogen) atoms. The van der Waals surface area contributed by atoms with Crippen LogP contribution in [0.3, 0.4) is 0 Å². The summed E-state index contributed by atoms with van der Waals surface area (Å²) in [6.07, 6.45) is 1.05. The summed E-state index contributed by atoms with van der Waals surface area (Å²) in [6, 6.07) is 5.76. The zero-order chi connectivity index (χ0) is 20.9. The number of nitrogens with zero attached hydrogens (tertiary/aromatic N) is 1. The van der Waals surface area contributed by atoms with Crippen molar-refractivity contribution >= 4 is 17.9 Å². The molecule has 0 aromatic heterocycles. The normalized spacial score (nSPS) is 15.5. The van der Waals surface area contributed by atoms with Gasteiger partial charge in [-0.2, -0.15) is 0 Å². The fraction of sp³-hybridized carbons (Fsp3) is 0.450. The highest BCUT2D eigenvalue weighted by atomic mass is 19.1. The lowest BCUT2D eigenvalue weighted by Crippen LogP contribution is -2.40. The molecule has 1 heterocycles. The Bertz CT molecular complexity index is 750. The van der Waals surface area contributed by atoms with E-state index in [0.717, 1.165) is 4.90 Å². The van der Waals surface area contributed by atoms with Crippen LogP contribution < -0.4 is 5.32 Å². The first-order valence-corrected chi connectivity index (χ1v) is 9.02. The molecule has 0 radical (unpaired) electrons. The molecule has 2 N–H and O–H groups in total. The Balaban J connectivity index is 1.86. The van der Waals surface area contributed by atoms with E-state index in [-0.39, 0.29) is 30.6 Å². The standard InChI is InChI=1S/C20H25FN2O5/c1-20(2,3)28-19(27)22-14(12-24)8-6-7-13(21)11-23-17(25)15-9-4-5-10-16(15)18(23)26/h4-5,7,9-10,14,24H,6,8,11-12H2,1-3H3,(H,22,27). The van der Waals surface area contributed by atoms with Crippen LogP contribution in [-0.2, 0) is 4.74 Å². The molecule has 2 rings (SSSR count). The van der Waals surface area contributed by atoms with Crippen LogP contribution in [0.15, 0.2) is 36.2 Å². The molecule has 0 bridgehead atoms. The lowest BCUT2D eigenvalue weighted by molar-refractivity contribution is 0.0478. The number of benzene rings is 1. The summed E-state index contributed by atoms with van der Waals surface area (Å²) in [7, 11) is 0. The molecule has 1 aliphatic rings. The number of aliphatic hydroxyl groups excluding tert-OH is 1. The Morgan fingerprint density at radius 1 is 1.25 bits per heavy atom. The van der Waals surface area contributed by atoms with Gasteiger partial charge < -0.3 is 15.2 Å². The molecular weight excluding hydrogens is 367 g/mol. The fourth-order valence-electron chi connectivity index (χ4n) is 2.72. The second-order valence-electron chi connectivity index (χ2n) is 7.50. The molecule has 1 aliphatic heterocycles. The van der Waals surface area contributed by atoms with Gasteiger partial charge in [0.1, 0.15) is 11.4 Å². The highest BCUT2D eigenvalue weighted by Crippen LogP contribution is 2.23. The van der Waals surface area contributed by atoms with Gasteiger partial charge in [-0.15, -0.1) is 0 Å². The topological polar surface area (TPSA) is 95.9 Å². The summed E-state index contributed by atoms with van der Waals surface area (Å²) in [5, 5.41) is 11.9. The molecule has 152 valence electrons. The highest BCUT2D eigenvalue weighted by Gasteiger charge is 2.35. The Morgan fingerprint density at radius 2 is 1.82 bits per heavy atom. The van der Waals surface area contributed by atoms with Crippen molar-refractivity contribution in [2.24, 2.45) is 0 Å². The van der Waals surface area contributed by atoms with Crippen molar-refractivity contribution in [2.45, 2.75) is 45.3 Å². The van der Waals surface area contributed by atoms with Crippen molar-refractivity contribution in [3.63, 3.8) is 0 Å². The van der Waals surface area contributed by atoms with Crippen molar-refractivity contribution in [3.05, 3.63) is 47.3 Å². The quantitative estimate of drug-likeness (QED) is 0.696. The second kappa shape index (κ2) is 8.97. The number of fused-ring (bicyclic) bond motifs is 1. The summed E-state index contributed by atoms with van der Waals surface area (Å²) in [6.45, 7) is 4.39. The van der Waals surface area contributed by atoms with E-state index in [4.69, 9.17) is 4.74 Å². The number of ether oxygens (including phenoxy) is 1. The van der Waals surface area contributed by atoms with E-state index < -0.39 is 41.9 Å². The number of aliphatic hydroxyl groups is 1. The molecule has 1 unspecified atom stereocenters. The minimum atomic E-state index is -0.665. The Morgan fingerprint density at radius 3 is 2.32 bits per heavy atom. The van der Waals surface area contributed by atoms with E-state index in [1.807, 2.05) is 0 Å². The summed E-state index contributed by atoms with van der Waals surface area (Å²) in [4.78, 5) is 37.0. The average molecular weight is 392 g/mol. The molecule has 1 aromatic carbocycles. The minimum absolute atomic E-state index is 0.204. The predicted molar refractivity (Wildman–Crippen MR) is 100 cm³/mol. The summed E-state index contributed by atoms with van der Waals surface area (Å²) in [5.74, 6) is -1.68. The van der Waals surface area contributed by atoms with Gasteiger partial charge in [-0.25, -0.2) is 9.18 Å². The SMILES string of the molecule is CC(C)(C)OC(=O)NC(CO)CCC=C(F)CN1C(=O)c2ccccc2C1=O. The van der Waals surface area contributed by atoms with E-state index in [1.54, 1.807) is 32.9 Å². The van der Waals surface area contributed by atoms with Gasteiger partial charge in [0.05, 0.1) is 30.3 Å². The van der Waals surface area contributed by atoms with E-state index in [2.05, 4.69) is 5.32 Å². The minimum Gasteiger partial charge on any atom is -0.444 e. The van der Waals surface area contributed by atoms with Crippen molar-refractivity contribution in [1.82, 2.24) is 10.2 Å². The summed E-state index contributed by atoms with van der Waals surface area (Å²) in [5.41, 5.74) is -0.132. The average Bonchev–Trinajstić information content (AvgIpc) is 2.84. The number of alkyl carbamates (subject to hydrolysis) is 1. The first-order chi connectivity index (χ1) is 13.1. The smallest absolute Gasteiger partial charge is 0.407 e. The molecule has 0 saturated carbocycles. The first kappa shape index (κ1) is 21.6. The molecule has 1 atom stereocenters. The number of halogens is 1. The maximum absolute atomic E-state index is 14.2. The molecule has 0 aliphatic carbocycles. The molecule has 1 aromatic rings. The molecule has 3 amide bonds. The highest BCUT2D eigenvalue weighted by molar-refractivity contribution is 6.21. The fourth-order valence-corrected chi connectivity index (χ4v) is 2.72. The van der Waals surface area contributed by atoms with Gasteiger partial charge in [0.15, 0.2) is 0 Å². The monoisotopic (exact) mass is 392 g/mol. The van der Waals surface area contributed by atoms with Gasteiger partial charge in [-0.05, 0) is 45.7 Å². The van der Waals surface area contributed by atoms with Crippen LogP contribution >= 0.6 is 0 Å². The molecule has 0 fully saturated rings. The van der Waals surface area contributed by atoms with Crippen LogP contribution in [0.25, 0.3) is 0 Å². The predicted octanol–water partition coefficient (Wildman–Crippen LogP) is 2.80. The van der Waals surface area contributed by atoms with Crippen molar-refractivity contribution < 1.29 is 28.6 Å². The molecule has 0 spiro atoms. The number of imide groups is 1. The largest absolute Gasteiger partial charge is 0.444 e. The van der Waals surface area contributed by atoms with Crippen LogP contribution in [0.4, 0.5) is 9.18 Å². The van der Waals surface area contributed by atoms with Crippen LogP contribution in [-0.4, -0.2) is 52.7 Å². The van der Waals surface area contributed by atoms with Crippen molar-refractivity contribution in [3.8, 4) is 0 Å². The molecular formula is C20H25FN2O5. The van der Waals surface area contributed by atoms with E-state index in [0.29, 0.717) is 0 Å². The van der Waals surface area contributed by atoms with Gasteiger partial charge >= 0.3 is 6.09 Å². The number of nitrogens with one attached hydrogen (secondary N) is 1. The second-order valence-corrected chi connectivity index (χ2v) is 7.50. The molecule has 8 heteroatoms. The zero-order valence-electron chi connectivity index (χ0n) is 16.2. The van der Waals surface area contributed by atoms with E-state index in [9.17, 15) is 23.9 Å². The first-order valence-electron chi connectivity index (χ1n) is 9.02. The lowest BCUT2D eigenvalue weighted by atomic mass is 10.1. The maximum Gasteiger partial charge on any atom is 0.407 e. The van der Waals surface area contributed by atoms with Gasteiger partial charge in [-0.1, -0.05) is 18.2 Å². The summed E-state index contributed by atoms with van der Waals surface area (Å²) < 4.78 is 19.3. The van der Waals surface area contributed by atoms with Gasteiger partial charge in [-0.3, -0.25) is 14.5 Å². The number of carbonyl (C=O) groups is 3. The molecule has 0 saturated heterocycles. The Kier molecular flexibility index (Phi) is 6.90. The Labute approximate surface area is 163 Å². The van der Waals surface area contributed by atoms with E-state index in [1.165, 1.54) is 18.2 Å². The molecule has 7 nitrogen and oxygen atoms in total. The third kappa shape index (κ3) is 5.63. The number of rotatable bonds is 7. The zero-order valence-corrected chi connectivity index (χ0v) is 16.2. The lowest BCUT2D eigenvalue weighted by Gasteiger charge is -2.22. The third-order valence-corrected chi connectivity index (χ3v) is 4.01. The number of carbonyl (C=O) groups excluding carboxylic acids is 3. The van der Waals surface area contributed by atoms with Gasteiger partial charge in [0, 0.05) is 0 Å². The van der Waals surface area contributed by atoms with Gasteiger partial charge in [0.2, 0.25) is 0 Å². The maximum atomic E-state index is 14.2. The number of hydrogen-bond acceptors (Lipinski definition) is 5. The number of allylic oxidation sites excluding steroid dienone is 1. The van der Waals surface area contributed by atoms with Crippen molar-refractivity contribution in [1.29, 1.82) is 0 Å². The van der Waals surface area contributed by atoms with Gasteiger partial charge in [0.25, 0.3) is 11.8 Å². The van der Waals surface area contributed by atoms with Crippen LogP contribution in [0, 0.1) is 0 Å². The summed E-state index contributed by atoms with van der Waals surface area (Å²) >= 11 is 0.